The lowest BCUT2D eigenvalue weighted by Gasteiger charge is -2.25. The van der Waals surface area contributed by atoms with E-state index in [1.807, 2.05) is 83.8 Å². The largest absolute Gasteiger partial charge is 0.497 e. The maximum absolute atomic E-state index is 12.9. The van der Waals surface area contributed by atoms with E-state index in [1.165, 1.54) is 0 Å². The van der Waals surface area contributed by atoms with E-state index in [9.17, 15) is 4.79 Å². The molecule has 0 saturated carbocycles. The van der Waals surface area contributed by atoms with Gasteiger partial charge in [0.1, 0.15) is 22.6 Å². The summed E-state index contributed by atoms with van der Waals surface area (Å²) in [6.07, 6.45) is 0. The van der Waals surface area contributed by atoms with Crippen molar-refractivity contribution >= 4 is 23.5 Å². The number of carbonyl (C=O) groups excluding carboxylic acids is 1. The molecule has 1 aliphatic heterocycles. The molecule has 5 nitrogen and oxygen atoms in total. The maximum atomic E-state index is 12.9. The van der Waals surface area contributed by atoms with Crippen LogP contribution < -0.4 is 14.8 Å². The van der Waals surface area contributed by atoms with Crippen molar-refractivity contribution in [2.45, 2.75) is 5.37 Å². The Morgan fingerprint density at radius 3 is 2.55 bits per heavy atom. The number of benzene rings is 3. The topological polar surface area (TPSA) is 50.8 Å². The highest BCUT2D eigenvalue weighted by molar-refractivity contribution is 7.99. The number of methoxy groups -OCH3 is 1. The van der Waals surface area contributed by atoms with Gasteiger partial charge in [0.2, 0.25) is 0 Å². The molecule has 29 heavy (non-hydrogen) atoms. The third kappa shape index (κ3) is 4.66. The molecule has 148 valence electrons. The highest BCUT2D eigenvalue weighted by Gasteiger charge is 2.31. The number of rotatable bonds is 5. The van der Waals surface area contributed by atoms with Crippen molar-refractivity contribution in [1.29, 1.82) is 0 Å². The van der Waals surface area contributed by atoms with Crippen molar-refractivity contribution in [3.63, 3.8) is 0 Å². The molecule has 0 aromatic heterocycles. The number of urea groups is 1. The fraction of sp³-hybridized carbons (Fsp3) is 0.174. The minimum absolute atomic E-state index is 0.0556. The lowest BCUT2D eigenvalue weighted by Crippen LogP contribution is -2.34. The van der Waals surface area contributed by atoms with Gasteiger partial charge in [0, 0.05) is 24.1 Å². The number of ether oxygens (including phenoxy) is 2. The van der Waals surface area contributed by atoms with Crippen LogP contribution in [-0.4, -0.2) is 30.3 Å². The first-order valence-corrected chi connectivity index (χ1v) is 10.4. The maximum Gasteiger partial charge on any atom is 0.323 e. The minimum Gasteiger partial charge on any atom is -0.497 e. The number of amides is 2. The van der Waals surface area contributed by atoms with Crippen LogP contribution in [0.25, 0.3) is 0 Å². The summed E-state index contributed by atoms with van der Waals surface area (Å²) >= 11 is 1.75. The summed E-state index contributed by atoms with van der Waals surface area (Å²) in [4.78, 5) is 14.8. The van der Waals surface area contributed by atoms with Crippen LogP contribution in [0, 0.1) is 0 Å². The number of nitrogens with one attached hydrogen (secondary N) is 1. The molecule has 6 heteroatoms. The summed E-state index contributed by atoms with van der Waals surface area (Å²) in [5.74, 6) is 3.14. The summed E-state index contributed by atoms with van der Waals surface area (Å²) in [6, 6.07) is 24.9. The van der Waals surface area contributed by atoms with Gasteiger partial charge >= 0.3 is 6.03 Å². The zero-order chi connectivity index (χ0) is 20.1. The molecule has 2 amide bonds. The van der Waals surface area contributed by atoms with Crippen LogP contribution in [0.4, 0.5) is 10.5 Å². The van der Waals surface area contributed by atoms with Crippen molar-refractivity contribution in [1.82, 2.24) is 4.90 Å². The number of thioether (sulfide) groups is 1. The first-order valence-electron chi connectivity index (χ1n) is 9.39. The quantitative estimate of drug-likeness (QED) is 0.585. The van der Waals surface area contributed by atoms with Crippen molar-refractivity contribution in [3.8, 4) is 17.2 Å². The van der Waals surface area contributed by atoms with Gasteiger partial charge in [0.05, 0.1) is 7.11 Å². The third-order valence-corrected chi connectivity index (χ3v) is 5.86. The van der Waals surface area contributed by atoms with E-state index in [0.29, 0.717) is 18.0 Å². The zero-order valence-electron chi connectivity index (χ0n) is 16.1. The van der Waals surface area contributed by atoms with Gasteiger partial charge in [-0.1, -0.05) is 36.4 Å². The van der Waals surface area contributed by atoms with E-state index in [1.54, 1.807) is 18.9 Å². The lowest BCUT2D eigenvalue weighted by atomic mass is 10.2. The molecule has 0 spiro atoms. The molecule has 4 rings (SSSR count). The molecule has 1 N–H and O–H groups in total. The standard InChI is InChI=1S/C23H22N2O3S/c1-27-20-11-6-8-18(16-20)24-23(26)25-13-14-29-22(25)17-7-5-12-21(15-17)28-19-9-3-2-4-10-19/h2-12,15-16,22H,13-14H2,1H3,(H,24,26). The van der Waals surface area contributed by atoms with Crippen molar-refractivity contribution < 1.29 is 14.3 Å². The molecular formula is C23H22N2O3S. The van der Waals surface area contributed by atoms with Crippen molar-refractivity contribution in [3.05, 3.63) is 84.4 Å². The Balaban J connectivity index is 1.49. The first kappa shape index (κ1) is 19.2. The van der Waals surface area contributed by atoms with Crippen molar-refractivity contribution in [2.75, 3.05) is 24.7 Å². The number of anilines is 1. The van der Waals surface area contributed by atoms with E-state index >= 15 is 0 Å². The number of hydrogen-bond donors (Lipinski definition) is 1. The normalized spacial score (nSPS) is 15.8. The lowest BCUT2D eigenvalue weighted by molar-refractivity contribution is 0.214. The Hall–Kier alpha value is -3.12. The van der Waals surface area contributed by atoms with Gasteiger partial charge in [-0.3, -0.25) is 0 Å². The monoisotopic (exact) mass is 406 g/mol. The first-order chi connectivity index (χ1) is 14.2. The Morgan fingerprint density at radius 1 is 0.966 bits per heavy atom. The molecule has 0 aliphatic carbocycles. The second-order valence-electron chi connectivity index (χ2n) is 6.57. The van der Waals surface area contributed by atoms with Crippen molar-refractivity contribution in [2.24, 2.45) is 0 Å². The van der Waals surface area contributed by atoms with Crippen LogP contribution in [0.5, 0.6) is 17.2 Å². The van der Waals surface area contributed by atoms with Gasteiger partial charge in [-0.2, -0.15) is 0 Å². The molecule has 0 radical (unpaired) electrons. The molecule has 1 unspecified atom stereocenters. The fourth-order valence-electron chi connectivity index (χ4n) is 3.21. The average Bonchev–Trinajstić information content (AvgIpc) is 3.25. The van der Waals surface area contributed by atoms with E-state index < -0.39 is 0 Å². The van der Waals surface area contributed by atoms with E-state index in [0.717, 1.165) is 22.8 Å². The summed E-state index contributed by atoms with van der Waals surface area (Å²) in [5.41, 5.74) is 1.76. The Bertz CT molecular complexity index is 981. The van der Waals surface area contributed by atoms with Gasteiger partial charge in [-0.25, -0.2) is 4.79 Å². The second-order valence-corrected chi connectivity index (χ2v) is 7.75. The SMILES string of the molecule is COc1cccc(NC(=O)N2CCSC2c2cccc(Oc3ccccc3)c2)c1. The molecule has 3 aromatic carbocycles. The minimum atomic E-state index is -0.123. The fourth-order valence-corrected chi connectivity index (χ4v) is 4.45. The summed E-state index contributed by atoms with van der Waals surface area (Å²) < 4.78 is 11.2. The number of carbonyl (C=O) groups is 1. The third-order valence-electron chi connectivity index (χ3n) is 4.60. The van der Waals surface area contributed by atoms with Gasteiger partial charge in [0.15, 0.2) is 0 Å². The average molecular weight is 407 g/mol. The second kappa shape index (κ2) is 8.92. The highest BCUT2D eigenvalue weighted by Crippen LogP contribution is 2.39. The highest BCUT2D eigenvalue weighted by atomic mass is 32.2. The van der Waals surface area contributed by atoms with E-state index in [2.05, 4.69) is 5.32 Å². The summed E-state index contributed by atoms with van der Waals surface area (Å²) in [7, 11) is 1.61. The van der Waals surface area contributed by atoms with Crippen LogP contribution in [0.15, 0.2) is 78.9 Å². The molecular weight excluding hydrogens is 384 g/mol. The van der Waals surface area contributed by atoms with Gasteiger partial charge in [0.25, 0.3) is 0 Å². The molecule has 1 aliphatic rings. The van der Waals surface area contributed by atoms with Gasteiger partial charge < -0.3 is 19.7 Å². The zero-order valence-corrected chi connectivity index (χ0v) is 16.9. The Kier molecular flexibility index (Phi) is 5.91. The molecule has 1 heterocycles. The molecule has 1 atom stereocenters. The van der Waals surface area contributed by atoms with Gasteiger partial charge in [-0.05, 0) is 42.0 Å². The number of nitrogens with zero attached hydrogens (tertiary/aromatic N) is 1. The number of para-hydroxylation sites is 1. The van der Waals surface area contributed by atoms with E-state index in [4.69, 9.17) is 9.47 Å². The van der Waals surface area contributed by atoms with Crippen LogP contribution in [0.3, 0.4) is 0 Å². The van der Waals surface area contributed by atoms with E-state index in [-0.39, 0.29) is 11.4 Å². The van der Waals surface area contributed by atoms with Gasteiger partial charge in [-0.15, -0.1) is 11.8 Å². The van der Waals surface area contributed by atoms with Crippen LogP contribution in [0.1, 0.15) is 10.9 Å². The predicted molar refractivity (Wildman–Crippen MR) is 117 cm³/mol. The Morgan fingerprint density at radius 2 is 1.72 bits per heavy atom. The molecule has 1 fully saturated rings. The summed E-state index contributed by atoms with van der Waals surface area (Å²) in [6.45, 7) is 0.689. The Labute approximate surface area is 174 Å². The number of hydrogen-bond acceptors (Lipinski definition) is 4. The molecule has 0 bridgehead atoms. The van der Waals surface area contributed by atoms with Crippen LogP contribution in [0.2, 0.25) is 0 Å². The smallest absolute Gasteiger partial charge is 0.323 e. The predicted octanol–water partition coefficient (Wildman–Crippen LogP) is 5.77. The summed E-state index contributed by atoms with van der Waals surface area (Å²) in [5, 5.41) is 2.92. The molecule has 3 aromatic rings. The van der Waals surface area contributed by atoms with Crippen LogP contribution >= 0.6 is 11.8 Å². The van der Waals surface area contributed by atoms with Crippen LogP contribution in [-0.2, 0) is 0 Å². The molecule has 1 saturated heterocycles.